The number of aromatic carboxylic acids is 1. The monoisotopic (exact) mass is 250 g/mol. The summed E-state index contributed by atoms with van der Waals surface area (Å²) < 4.78 is 5.09. The second-order valence-corrected chi connectivity index (χ2v) is 4.49. The topological polar surface area (TPSA) is 75.8 Å². The highest BCUT2D eigenvalue weighted by Gasteiger charge is 2.29. The van der Waals surface area contributed by atoms with Crippen molar-refractivity contribution in [1.82, 2.24) is 0 Å². The van der Waals surface area contributed by atoms with Crippen molar-refractivity contribution in [3.63, 3.8) is 0 Å². The van der Waals surface area contributed by atoms with Crippen molar-refractivity contribution in [2.75, 3.05) is 30.9 Å². The lowest BCUT2D eigenvalue weighted by Crippen LogP contribution is -2.29. The lowest BCUT2D eigenvalue weighted by atomic mass is 10.1. The van der Waals surface area contributed by atoms with Gasteiger partial charge in [0.1, 0.15) is 0 Å². The van der Waals surface area contributed by atoms with Gasteiger partial charge in [-0.1, -0.05) is 0 Å². The summed E-state index contributed by atoms with van der Waals surface area (Å²) in [7, 11) is 1.66. The molecule has 0 saturated heterocycles. The van der Waals surface area contributed by atoms with E-state index in [0.717, 1.165) is 25.1 Å². The molecule has 1 aromatic carbocycles. The van der Waals surface area contributed by atoms with E-state index in [0.29, 0.717) is 18.3 Å². The number of carbonyl (C=O) groups is 1. The Hall–Kier alpha value is -1.75. The molecular weight excluding hydrogens is 232 g/mol. The predicted octanol–water partition coefficient (Wildman–Crippen LogP) is 1.58. The molecule has 1 aromatic rings. The zero-order chi connectivity index (χ0) is 13.1. The van der Waals surface area contributed by atoms with Crippen molar-refractivity contribution in [1.29, 1.82) is 0 Å². The van der Waals surface area contributed by atoms with Gasteiger partial charge in [-0.15, -0.1) is 0 Å². The summed E-state index contributed by atoms with van der Waals surface area (Å²) in [6.45, 7) is 1.40. The summed E-state index contributed by atoms with van der Waals surface area (Å²) in [5, 5.41) is 9.08. The summed E-state index contributed by atoms with van der Waals surface area (Å²) >= 11 is 0. The standard InChI is InChI=1S/C13H18N2O3/c1-18-7-6-15(9-2-3-9)10-4-5-12(14)11(8-10)13(16)17/h4-5,8-9H,2-3,6-7,14H2,1H3,(H,16,17). The van der Waals surface area contributed by atoms with Gasteiger partial charge in [-0.3, -0.25) is 0 Å². The molecule has 0 bridgehead atoms. The second kappa shape index (κ2) is 5.27. The summed E-state index contributed by atoms with van der Waals surface area (Å²) in [6, 6.07) is 5.67. The molecule has 1 aliphatic carbocycles. The summed E-state index contributed by atoms with van der Waals surface area (Å²) in [6.07, 6.45) is 2.30. The molecule has 98 valence electrons. The number of methoxy groups -OCH3 is 1. The van der Waals surface area contributed by atoms with Gasteiger partial charge in [-0.25, -0.2) is 4.79 Å². The van der Waals surface area contributed by atoms with Gasteiger partial charge in [-0.2, -0.15) is 0 Å². The lowest BCUT2D eigenvalue weighted by Gasteiger charge is -2.25. The maximum absolute atomic E-state index is 11.1. The third kappa shape index (κ3) is 2.73. The number of nitrogens with two attached hydrogens (primary N) is 1. The highest BCUT2D eigenvalue weighted by atomic mass is 16.5. The van der Waals surface area contributed by atoms with E-state index < -0.39 is 5.97 Å². The molecular formula is C13H18N2O3. The first-order chi connectivity index (χ1) is 8.63. The molecule has 1 saturated carbocycles. The van der Waals surface area contributed by atoms with Crippen molar-refractivity contribution in [2.45, 2.75) is 18.9 Å². The minimum Gasteiger partial charge on any atom is -0.478 e. The van der Waals surface area contributed by atoms with Crippen LogP contribution in [0.2, 0.25) is 0 Å². The van der Waals surface area contributed by atoms with E-state index in [9.17, 15) is 4.79 Å². The zero-order valence-corrected chi connectivity index (χ0v) is 10.4. The Balaban J connectivity index is 2.24. The number of rotatable bonds is 6. The number of ether oxygens (including phenoxy) is 1. The van der Waals surface area contributed by atoms with Crippen molar-refractivity contribution in [2.24, 2.45) is 0 Å². The smallest absolute Gasteiger partial charge is 0.337 e. The Bertz CT molecular complexity index is 444. The molecule has 5 heteroatoms. The van der Waals surface area contributed by atoms with Gasteiger partial charge in [0.05, 0.1) is 12.2 Å². The molecule has 0 radical (unpaired) electrons. The van der Waals surface area contributed by atoms with E-state index in [-0.39, 0.29) is 5.56 Å². The fourth-order valence-corrected chi connectivity index (χ4v) is 2.01. The number of hydrogen-bond donors (Lipinski definition) is 2. The fraction of sp³-hybridized carbons (Fsp3) is 0.462. The first-order valence-corrected chi connectivity index (χ1v) is 6.02. The van der Waals surface area contributed by atoms with Gasteiger partial charge in [0.25, 0.3) is 0 Å². The molecule has 3 N–H and O–H groups in total. The molecule has 0 aromatic heterocycles. The number of anilines is 2. The molecule has 0 heterocycles. The third-order valence-electron chi connectivity index (χ3n) is 3.12. The summed E-state index contributed by atoms with van der Waals surface area (Å²) in [5.74, 6) is -0.989. The number of carboxylic acid groups (broad SMARTS) is 1. The van der Waals surface area contributed by atoms with E-state index in [1.54, 1.807) is 19.2 Å². The normalized spacial score (nSPS) is 14.5. The molecule has 0 amide bonds. The van der Waals surface area contributed by atoms with Crippen LogP contribution in [0.4, 0.5) is 11.4 Å². The predicted molar refractivity (Wildman–Crippen MR) is 70.1 cm³/mol. The van der Waals surface area contributed by atoms with Gasteiger partial charge >= 0.3 is 5.97 Å². The van der Waals surface area contributed by atoms with E-state index in [4.69, 9.17) is 15.6 Å². The Morgan fingerprint density at radius 3 is 2.83 bits per heavy atom. The molecule has 0 aliphatic heterocycles. The van der Waals surface area contributed by atoms with Crippen molar-refractivity contribution >= 4 is 17.3 Å². The molecule has 1 aliphatic rings. The van der Waals surface area contributed by atoms with E-state index in [1.807, 2.05) is 6.07 Å². The average molecular weight is 250 g/mol. The van der Waals surface area contributed by atoms with Crippen LogP contribution in [0.25, 0.3) is 0 Å². The molecule has 18 heavy (non-hydrogen) atoms. The van der Waals surface area contributed by atoms with Gasteiger partial charge in [0.2, 0.25) is 0 Å². The summed E-state index contributed by atoms with van der Waals surface area (Å²) in [5.41, 5.74) is 7.02. The number of nitrogen functional groups attached to an aromatic ring is 1. The molecule has 0 atom stereocenters. The van der Waals surface area contributed by atoms with Crippen LogP contribution >= 0.6 is 0 Å². The minimum absolute atomic E-state index is 0.163. The fourth-order valence-electron chi connectivity index (χ4n) is 2.01. The van der Waals surface area contributed by atoms with Crippen LogP contribution in [-0.4, -0.2) is 37.4 Å². The van der Waals surface area contributed by atoms with Crippen LogP contribution in [0.1, 0.15) is 23.2 Å². The number of carboxylic acids is 1. The molecule has 1 fully saturated rings. The van der Waals surface area contributed by atoms with Gasteiger partial charge < -0.3 is 20.5 Å². The van der Waals surface area contributed by atoms with Crippen LogP contribution in [0, 0.1) is 0 Å². The van der Waals surface area contributed by atoms with E-state index in [2.05, 4.69) is 4.90 Å². The van der Waals surface area contributed by atoms with Crippen LogP contribution in [0.15, 0.2) is 18.2 Å². The molecule has 5 nitrogen and oxygen atoms in total. The SMILES string of the molecule is COCCN(c1ccc(N)c(C(=O)O)c1)C1CC1. The highest BCUT2D eigenvalue weighted by molar-refractivity contribution is 5.94. The van der Waals surface area contributed by atoms with Crippen LogP contribution in [-0.2, 0) is 4.74 Å². The maximum atomic E-state index is 11.1. The Kier molecular flexibility index (Phi) is 3.72. The van der Waals surface area contributed by atoms with Crippen LogP contribution < -0.4 is 10.6 Å². The Labute approximate surface area is 106 Å². The first kappa shape index (κ1) is 12.7. The average Bonchev–Trinajstić information content (AvgIpc) is 3.15. The minimum atomic E-state index is -0.989. The van der Waals surface area contributed by atoms with Crippen molar-refractivity contribution in [3.8, 4) is 0 Å². The van der Waals surface area contributed by atoms with Crippen LogP contribution in [0.5, 0.6) is 0 Å². The highest BCUT2D eigenvalue weighted by Crippen LogP contribution is 2.32. The molecule has 0 unspecified atom stereocenters. The van der Waals surface area contributed by atoms with Crippen molar-refractivity contribution < 1.29 is 14.6 Å². The lowest BCUT2D eigenvalue weighted by molar-refractivity contribution is 0.0698. The Morgan fingerprint density at radius 2 is 2.28 bits per heavy atom. The van der Waals surface area contributed by atoms with Gasteiger partial charge in [0.15, 0.2) is 0 Å². The van der Waals surface area contributed by atoms with E-state index in [1.165, 1.54) is 0 Å². The second-order valence-electron chi connectivity index (χ2n) is 4.49. The third-order valence-corrected chi connectivity index (χ3v) is 3.12. The zero-order valence-electron chi connectivity index (χ0n) is 10.4. The van der Waals surface area contributed by atoms with Crippen molar-refractivity contribution in [3.05, 3.63) is 23.8 Å². The molecule has 2 rings (SSSR count). The summed E-state index contributed by atoms with van der Waals surface area (Å²) in [4.78, 5) is 13.3. The van der Waals surface area contributed by atoms with Crippen LogP contribution in [0.3, 0.4) is 0 Å². The molecule has 0 spiro atoms. The maximum Gasteiger partial charge on any atom is 0.337 e. The van der Waals surface area contributed by atoms with Gasteiger partial charge in [0, 0.05) is 31.1 Å². The number of nitrogens with zero attached hydrogens (tertiary/aromatic N) is 1. The quantitative estimate of drug-likeness (QED) is 0.750. The number of benzene rings is 1. The first-order valence-electron chi connectivity index (χ1n) is 6.02. The number of hydrogen-bond acceptors (Lipinski definition) is 4. The largest absolute Gasteiger partial charge is 0.478 e. The Morgan fingerprint density at radius 1 is 1.56 bits per heavy atom. The van der Waals surface area contributed by atoms with Gasteiger partial charge in [-0.05, 0) is 31.0 Å². The van der Waals surface area contributed by atoms with E-state index >= 15 is 0 Å².